The van der Waals surface area contributed by atoms with Gasteiger partial charge in [-0.3, -0.25) is 9.69 Å². The molecule has 0 unspecified atom stereocenters. The molecule has 0 radical (unpaired) electrons. The number of thioether (sulfide) groups is 1. The highest BCUT2D eigenvalue weighted by Gasteiger charge is 2.34. The number of methoxy groups -OCH3 is 1. The molecule has 0 N–H and O–H groups in total. The Morgan fingerprint density at radius 3 is 2.65 bits per heavy atom. The number of carbonyl (C=O) groups is 1. The second-order valence-electron chi connectivity index (χ2n) is 5.49. The zero-order valence-electron chi connectivity index (χ0n) is 14.7. The number of amides is 1. The number of aliphatic imine (C=N–C) groups is 1. The monoisotopic (exact) mass is 386 g/mol. The van der Waals surface area contributed by atoms with Crippen molar-refractivity contribution in [2.45, 2.75) is 13.8 Å². The first-order chi connectivity index (χ1) is 12.5. The maximum absolute atomic E-state index is 12.9. The predicted octanol–water partition coefficient (Wildman–Crippen LogP) is 4.04. The maximum atomic E-state index is 12.9. The molecule has 1 aliphatic rings. The van der Waals surface area contributed by atoms with E-state index in [4.69, 9.17) is 4.74 Å². The molecule has 1 fully saturated rings. The van der Waals surface area contributed by atoms with Crippen LogP contribution in [0.25, 0.3) is 5.57 Å². The fourth-order valence-electron chi connectivity index (χ4n) is 2.39. The third-order valence-electron chi connectivity index (χ3n) is 3.75. The van der Waals surface area contributed by atoms with E-state index in [1.54, 1.807) is 18.1 Å². The van der Waals surface area contributed by atoms with Crippen LogP contribution in [0.1, 0.15) is 17.5 Å². The molecule has 1 aromatic heterocycles. The van der Waals surface area contributed by atoms with E-state index < -0.39 is 0 Å². The minimum Gasteiger partial charge on any atom is -0.497 e. The number of rotatable bonds is 5. The molecule has 26 heavy (non-hydrogen) atoms. The Kier molecular flexibility index (Phi) is 5.53. The van der Waals surface area contributed by atoms with Gasteiger partial charge in [0.1, 0.15) is 10.8 Å². The second-order valence-corrected chi connectivity index (χ2v) is 7.62. The van der Waals surface area contributed by atoms with Gasteiger partial charge in [0.25, 0.3) is 5.91 Å². The first-order valence-corrected chi connectivity index (χ1v) is 9.51. The van der Waals surface area contributed by atoms with Gasteiger partial charge in [0.15, 0.2) is 5.17 Å². The summed E-state index contributed by atoms with van der Waals surface area (Å²) in [5.41, 5.74) is 1.86. The molecule has 3 rings (SSSR count). The molecule has 0 atom stereocenters. The van der Waals surface area contributed by atoms with Crippen molar-refractivity contribution in [3.63, 3.8) is 0 Å². The Morgan fingerprint density at radius 2 is 2.08 bits per heavy atom. The fourth-order valence-corrected chi connectivity index (χ4v) is 4.06. The number of carbonyl (C=O) groups excluding carboxylic acids is 1. The van der Waals surface area contributed by atoms with Crippen molar-refractivity contribution >= 4 is 44.9 Å². The van der Waals surface area contributed by atoms with E-state index in [2.05, 4.69) is 21.8 Å². The summed E-state index contributed by atoms with van der Waals surface area (Å²) in [6.07, 6.45) is 1.69. The normalized spacial score (nSPS) is 17.7. The van der Waals surface area contributed by atoms with E-state index in [1.165, 1.54) is 23.1 Å². The van der Waals surface area contributed by atoms with Gasteiger partial charge in [-0.05, 0) is 48.9 Å². The van der Waals surface area contributed by atoms with Crippen molar-refractivity contribution in [1.82, 2.24) is 15.1 Å². The van der Waals surface area contributed by atoms with Gasteiger partial charge in [-0.25, -0.2) is 0 Å². The van der Waals surface area contributed by atoms with Crippen LogP contribution in [-0.2, 0) is 4.79 Å². The molecule has 6 nitrogen and oxygen atoms in total. The molecule has 0 bridgehead atoms. The molecule has 0 spiro atoms. The van der Waals surface area contributed by atoms with Crippen molar-refractivity contribution in [2.24, 2.45) is 4.99 Å². The largest absolute Gasteiger partial charge is 0.497 e. The Morgan fingerprint density at radius 1 is 1.35 bits per heavy atom. The van der Waals surface area contributed by atoms with Gasteiger partial charge in [0.2, 0.25) is 5.13 Å². The average molecular weight is 387 g/mol. The van der Waals surface area contributed by atoms with Gasteiger partial charge in [-0.1, -0.05) is 29.5 Å². The molecule has 8 heteroatoms. The van der Waals surface area contributed by atoms with Gasteiger partial charge in [-0.15, -0.1) is 16.8 Å². The first kappa shape index (κ1) is 18.3. The first-order valence-electron chi connectivity index (χ1n) is 7.88. The van der Waals surface area contributed by atoms with Crippen molar-refractivity contribution in [3.8, 4) is 5.75 Å². The minimum absolute atomic E-state index is 0.0804. The number of aryl methyl sites for hydroxylation is 1. The number of hydrogen-bond acceptors (Lipinski definition) is 7. The minimum atomic E-state index is -0.0804. The average Bonchev–Trinajstić information content (AvgIpc) is 3.19. The Balaban J connectivity index is 1.98. The molecule has 1 saturated heterocycles. The van der Waals surface area contributed by atoms with Crippen LogP contribution in [0.15, 0.2) is 46.8 Å². The van der Waals surface area contributed by atoms with Crippen LogP contribution in [0, 0.1) is 6.92 Å². The summed E-state index contributed by atoms with van der Waals surface area (Å²) < 4.78 is 5.19. The van der Waals surface area contributed by atoms with Crippen LogP contribution in [0.2, 0.25) is 0 Å². The van der Waals surface area contributed by atoms with Crippen LogP contribution >= 0.6 is 23.1 Å². The van der Waals surface area contributed by atoms with Crippen LogP contribution in [0.3, 0.4) is 0 Å². The summed E-state index contributed by atoms with van der Waals surface area (Å²) in [5, 5.41) is 9.95. The van der Waals surface area contributed by atoms with Crippen LogP contribution in [0.4, 0.5) is 5.13 Å². The standard InChI is InChI=1S/C18H18N4O2S2/c1-5-10-22-16(23)15(11(2)13-6-8-14(24-4)9-7-13)26-18(22)19-17-21-20-12(3)25-17/h5-9H,1,10H2,2-4H3/b15-11-,19-18+. The Bertz CT molecular complexity index is 900. The highest BCUT2D eigenvalue weighted by Crippen LogP contribution is 2.38. The van der Waals surface area contributed by atoms with Crippen molar-refractivity contribution in [3.05, 3.63) is 52.4 Å². The Hall–Kier alpha value is -2.45. The highest BCUT2D eigenvalue weighted by molar-refractivity contribution is 8.18. The lowest BCUT2D eigenvalue weighted by Gasteiger charge is -2.12. The summed E-state index contributed by atoms with van der Waals surface area (Å²) in [5.74, 6) is 0.697. The zero-order chi connectivity index (χ0) is 18.7. The number of nitrogens with zero attached hydrogens (tertiary/aromatic N) is 4. The number of hydrogen-bond donors (Lipinski definition) is 0. The van der Waals surface area contributed by atoms with E-state index in [9.17, 15) is 4.79 Å². The van der Waals surface area contributed by atoms with Gasteiger partial charge in [-0.2, -0.15) is 4.99 Å². The number of ether oxygens (including phenoxy) is 1. The molecule has 1 aromatic carbocycles. The summed E-state index contributed by atoms with van der Waals surface area (Å²) in [6.45, 7) is 7.94. The second kappa shape index (κ2) is 7.84. The lowest BCUT2D eigenvalue weighted by atomic mass is 10.1. The molecule has 2 heterocycles. The van der Waals surface area contributed by atoms with Crippen LogP contribution in [0.5, 0.6) is 5.75 Å². The molecule has 134 valence electrons. The van der Waals surface area contributed by atoms with Crippen molar-refractivity contribution < 1.29 is 9.53 Å². The molecule has 0 saturated carbocycles. The van der Waals surface area contributed by atoms with Crippen LogP contribution < -0.4 is 4.74 Å². The van der Waals surface area contributed by atoms with Gasteiger partial charge >= 0.3 is 0 Å². The third-order valence-corrected chi connectivity index (χ3v) is 5.66. The predicted molar refractivity (Wildman–Crippen MR) is 107 cm³/mol. The van der Waals surface area contributed by atoms with Gasteiger partial charge in [0, 0.05) is 6.54 Å². The lowest BCUT2D eigenvalue weighted by molar-refractivity contribution is -0.121. The number of allylic oxidation sites excluding steroid dienone is 1. The quantitative estimate of drug-likeness (QED) is 0.573. The van der Waals surface area contributed by atoms with Gasteiger partial charge in [0.05, 0.1) is 12.0 Å². The van der Waals surface area contributed by atoms with E-state index in [-0.39, 0.29) is 5.91 Å². The van der Waals surface area contributed by atoms with E-state index in [0.29, 0.717) is 21.7 Å². The topological polar surface area (TPSA) is 67.7 Å². The SMILES string of the molecule is C=CCN1C(=O)/C(=C(\C)c2ccc(OC)cc2)S/C1=N/c1nnc(C)s1. The third kappa shape index (κ3) is 3.71. The lowest BCUT2D eigenvalue weighted by Crippen LogP contribution is -2.29. The summed E-state index contributed by atoms with van der Waals surface area (Å²) in [6, 6.07) is 7.64. The molecule has 2 aromatic rings. The van der Waals surface area contributed by atoms with Gasteiger partial charge < -0.3 is 4.74 Å². The van der Waals surface area contributed by atoms with Crippen molar-refractivity contribution in [1.29, 1.82) is 0 Å². The number of benzene rings is 1. The number of amidine groups is 1. The summed E-state index contributed by atoms with van der Waals surface area (Å²) >= 11 is 2.74. The molecule has 1 aliphatic heterocycles. The Labute approximate surface area is 160 Å². The summed E-state index contributed by atoms with van der Waals surface area (Å²) in [4.78, 5) is 19.7. The van der Waals surface area contributed by atoms with E-state index in [0.717, 1.165) is 21.9 Å². The van der Waals surface area contributed by atoms with E-state index >= 15 is 0 Å². The summed E-state index contributed by atoms with van der Waals surface area (Å²) in [7, 11) is 1.63. The smallest absolute Gasteiger partial charge is 0.267 e. The fraction of sp³-hybridized carbons (Fsp3) is 0.222. The highest BCUT2D eigenvalue weighted by atomic mass is 32.2. The molecular formula is C18H18N4O2S2. The van der Waals surface area contributed by atoms with E-state index in [1.807, 2.05) is 38.1 Å². The van der Waals surface area contributed by atoms with Crippen LogP contribution in [-0.4, -0.2) is 39.8 Å². The molecule has 0 aliphatic carbocycles. The molecular weight excluding hydrogens is 368 g/mol. The zero-order valence-corrected chi connectivity index (χ0v) is 16.4. The molecule has 1 amide bonds. The van der Waals surface area contributed by atoms with Crippen molar-refractivity contribution in [2.75, 3.05) is 13.7 Å². The number of aromatic nitrogens is 2. The maximum Gasteiger partial charge on any atom is 0.267 e.